The number of carbonyl (C=O) groups excluding carboxylic acids is 1. The number of hydrogen-bond acceptors (Lipinski definition) is 2. The summed E-state index contributed by atoms with van der Waals surface area (Å²) < 4.78 is 0. The van der Waals surface area contributed by atoms with E-state index in [1.54, 1.807) is 18.2 Å². The van der Waals surface area contributed by atoms with Crippen molar-refractivity contribution >= 4 is 29.0 Å². The number of hydrogen-bond donors (Lipinski definition) is 1. The van der Waals surface area contributed by atoms with Gasteiger partial charge in [-0.3, -0.25) is 4.79 Å². The molecule has 4 heteroatoms. The lowest BCUT2D eigenvalue weighted by Crippen LogP contribution is -2.35. The molecular formula is C13H15Cl2NO. The lowest BCUT2D eigenvalue weighted by Gasteiger charge is -2.22. The first kappa shape index (κ1) is 12.9. The lowest BCUT2D eigenvalue weighted by atomic mass is 9.97. The summed E-state index contributed by atoms with van der Waals surface area (Å²) in [5.74, 6) is 0.128. The van der Waals surface area contributed by atoms with Crippen LogP contribution in [-0.2, 0) is 0 Å². The van der Waals surface area contributed by atoms with Crippen molar-refractivity contribution in [3.63, 3.8) is 0 Å². The first-order valence-electron chi connectivity index (χ1n) is 5.88. The van der Waals surface area contributed by atoms with Gasteiger partial charge in [0.1, 0.15) is 0 Å². The van der Waals surface area contributed by atoms with Crippen molar-refractivity contribution in [2.24, 2.45) is 0 Å². The van der Waals surface area contributed by atoms with E-state index in [0.29, 0.717) is 28.1 Å². The van der Waals surface area contributed by atoms with Crippen LogP contribution in [0, 0.1) is 0 Å². The Morgan fingerprint density at radius 2 is 2.12 bits per heavy atom. The molecular weight excluding hydrogens is 257 g/mol. The van der Waals surface area contributed by atoms with E-state index in [1.807, 2.05) is 0 Å². The summed E-state index contributed by atoms with van der Waals surface area (Å²) in [6.45, 7) is 1.01. The number of halogens is 2. The first-order valence-corrected chi connectivity index (χ1v) is 6.64. The fourth-order valence-corrected chi connectivity index (χ4v) is 2.41. The van der Waals surface area contributed by atoms with Crippen LogP contribution >= 0.6 is 23.2 Å². The third kappa shape index (κ3) is 3.44. The Labute approximate surface area is 111 Å². The second kappa shape index (κ2) is 5.85. The van der Waals surface area contributed by atoms with E-state index in [-0.39, 0.29) is 5.78 Å². The molecule has 1 heterocycles. The zero-order valence-electron chi connectivity index (χ0n) is 9.51. The van der Waals surface area contributed by atoms with Crippen LogP contribution in [0.3, 0.4) is 0 Å². The summed E-state index contributed by atoms with van der Waals surface area (Å²) in [6, 6.07) is 5.37. The molecule has 0 aliphatic carbocycles. The monoisotopic (exact) mass is 271 g/mol. The standard InChI is InChI=1S/C13H15Cl2NO/c14-11-5-4-9(7-12(11)15)13(17)8-10-3-1-2-6-16-10/h4-5,7,10,16H,1-3,6,8H2. The van der Waals surface area contributed by atoms with Gasteiger partial charge in [-0.2, -0.15) is 0 Å². The Morgan fingerprint density at radius 3 is 2.76 bits per heavy atom. The molecule has 1 aromatic carbocycles. The molecule has 1 fully saturated rings. The largest absolute Gasteiger partial charge is 0.314 e. The van der Waals surface area contributed by atoms with Gasteiger partial charge in [0, 0.05) is 18.0 Å². The third-order valence-electron chi connectivity index (χ3n) is 3.09. The maximum absolute atomic E-state index is 12.0. The third-order valence-corrected chi connectivity index (χ3v) is 3.82. The summed E-state index contributed by atoms with van der Waals surface area (Å²) in [5, 5.41) is 4.29. The summed E-state index contributed by atoms with van der Waals surface area (Å²) >= 11 is 11.7. The second-order valence-electron chi connectivity index (χ2n) is 4.40. The molecule has 0 spiro atoms. The van der Waals surface area contributed by atoms with Crippen molar-refractivity contribution in [1.29, 1.82) is 0 Å². The summed E-state index contributed by atoms with van der Waals surface area (Å²) in [5.41, 5.74) is 0.645. The average Bonchev–Trinajstić information content (AvgIpc) is 2.34. The zero-order chi connectivity index (χ0) is 12.3. The van der Waals surface area contributed by atoms with Crippen LogP contribution in [0.2, 0.25) is 10.0 Å². The quantitative estimate of drug-likeness (QED) is 0.850. The molecule has 1 aliphatic rings. The highest BCUT2D eigenvalue weighted by Crippen LogP contribution is 2.23. The fraction of sp³-hybridized carbons (Fsp3) is 0.462. The highest BCUT2D eigenvalue weighted by atomic mass is 35.5. The number of piperidine rings is 1. The highest BCUT2D eigenvalue weighted by molar-refractivity contribution is 6.42. The number of Topliss-reactive ketones (excluding diaryl/α,β-unsaturated/α-hetero) is 1. The van der Waals surface area contributed by atoms with Crippen molar-refractivity contribution in [2.45, 2.75) is 31.7 Å². The number of rotatable bonds is 3. The van der Waals surface area contributed by atoms with Gasteiger partial charge in [-0.15, -0.1) is 0 Å². The predicted octanol–water partition coefficient (Wildman–Crippen LogP) is 3.71. The molecule has 17 heavy (non-hydrogen) atoms. The van der Waals surface area contributed by atoms with E-state index in [2.05, 4.69) is 5.32 Å². The van der Waals surface area contributed by atoms with Crippen molar-refractivity contribution < 1.29 is 4.79 Å². The fourth-order valence-electron chi connectivity index (χ4n) is 2.11. The normalized spacial score (nSPS) is 20.2. The summed E-state index contributed by atoms with van der Waals surface area (Å²) in [7, 11) is 0. The molecule has 1 atom stereocenters. The molecule has 0 radical (unpaired) electrons. The molecule has 2 rings (SSSR count). The Hall–Kier alpha value is -0.570. The van der Waals surface area contributed by atoms with Gasteiger partial charge in [-0.25, -0.2) is 0 Å². The van der Waals surface area contributed by atoms with Crippen LogP contribution < -0.4 is 5.32 Å². The van der Waals surface area contributed by atoms with Gasteiger partial charge >= 0.3 is 0 Å². The molecule has 0 aromatic heterocycles. The second-order valence-corrected chi connectivity index (χ2v) is 5.22. The zero-order valence-corrected chi connectivity index (χ0v) is 11.0. The van der Waals surface area contributed by atoms with Crippen LogP contribution in [0.5, 0.6) is 0 Å². The molecule has 0 bridgehead atoms. The van der Waals surface area contributed by atoms with E-state index >= 15 is 0 Å². The van der Waals surface area contributed by atoms with E-state index in [4.69, 9.17) is 23.2 Å². The molecule has 0 saturated carbocycles. The van der Waals surface area contributed by atoms with Crippen LogP contribution in [-0.4, -0.2) is 18.4 Å². The van der Waals surface area contributed by atoms with Crippen molar-refractivity contribution in [3.05, 3.63) is 33.8 Å². The van der Waals surface area contributed by atoms with Crippen LogP contribution in [0.1, 0.15) is 36.0 Å². The van der Waals surface area contributed by atoms with E-state index in [9.17, 15) is 4.79 Å². The molecule has 1 aliphatic heterocycles. The van der Waals surface area contributed by atoms with E-state index < -0.39 is 0 Å². The van der Waals surface area contributed by atoms with Gasteiger partial charge in [0.15, 0.2) is 5.78 Å². The summed E-state index contributed by atoms with van der Waals surface area (Å²) in [4.78, 5) is 12.0. The minimum atomic E-state index is 0.128. The molecule has 0 amide bonds. The van der Waals surface area contributed by atoms with Gasteiger partial charge < -0.3 is 5.32 Å². The summed E-state index contributed by atoms with van der Waals surface area (Å²) in [6.07, 6.45) is 4.02. The minimum absolute atomic E-state index is 0.128. The number of carbonyl (C=O) groups is 1. The highest BCUT2D eigenvalue weighted by Gasteiger charge is 2.17. The minimum Gasteiger partial charge on any atom is -0.314 e. The van der Waals surface area contributed by atoms with Crippen LogP contribution in [0.25, 0.3) is 0 Å². The number of benzene rings is 1. The van der Waals surface area contributed by atoms with Gasteiger partial charge in [-0.1, -0.05) is 29.6 Å². The number of ketones is 1. The smallest absolute Gasteiger partial charge is 0.164 e. The molecule has 1 aromatic rings. The van der Waals surface area contributed by atoms with Gasteiger partial charge in [0.05, 0.1) is 10.0 Å². The molecule has 1 unspecified atom stereocenters. The maximum Gasteiger partial charge on any atom is 0.164 e. The van der Waals surface area contributed by atoms with Gasteiger partial charge in [-0.05, 0) is 37.6 Å². The average molecular weight is 272 g/mol. The van der Waals surface area contributed by atoms with Crippen molar-refractivity contribution in [3.8, 4) is 0 Å². The van der Waals surface area contributed by atoms with Crippen molar-refractivity contribution in [1.82, 2.24) is 5.32 Å². The topological polar surface area (TPSA) is 29.1 Å². The Morgan fingerprint density at radius 1 is 1.29 bits per heavy atom. The Kier molecular flexibility index (Phi) is 4.43. The Bertz CT molecular complexity index is 414. The first-order chi connectivity index (χ1) is 8.16. The molecule has 1 saturated heterocycles. The van der Waals surface area contributed by atoms with Crippen LogP contribution in [0.4, 0.5) is 0 Å². The van der Waals surface area contributed by atoms with E-state index in [0.717, 1.165) is 13.0 Å². The maximum atomic E-state index is 12.0. The van der Waals surface area contributed by atoms with Gasteiger partial charge in [0.25, 0.3) is 0 Å². The molecule has 92 valence electrons. The lowest BCUT2D eigenvalue weighted by molar-refractivity contribution is 0.0963. The SMILES string of the molecule is O=C(CC1CCCCN1)c1ccc(Cl)c(Cl)c1. The molecule has 2 nitrogen and oxygen atoms in total. The molecule has 1 N–H and O–H groups in total. The van der Waals surface area contributed by atoms with Gasteiger partial charge in [0.2, 0.25) is 0 Å². The predicted molar refractivity (Wildman–Crippen MR) is 71.1 cm³/mol. The number of nitrogens with one attached hydrogen (secondary N) is 1. The van der Waals surface area contributed by atoms with Crippen LogP contribution in [0.15, 0.2) is 18.2 Å². The van der Waals surface area contributed by atoms with Crippen molar-refractivity contribution in [2.75, 3.05) is 6.54 Å². The van der Waals surface area contributed by atoms with E-state index in [1.165, 1.54) is 12.8 Å². The Balaban J connectivity index is 2.01.